The van der Waals surface area contributed by atoms with E-state index in [1.807, 2.05) is 13.0 Å². The molecular formula is C18H32O2Si. The second kappa shape index (κ2) is 7.08. The lowest BCUT2D eigenvalue weighted by Gasteiger charge is -2.39. The number of aliphatic hydroxyl groups is 1. The summed E-state index contributed by atoms with van der Waals surface area (Å²) in [7, 11) is -1.52. The zero-order valence-electron chi connectivity index (χ0n) is 14.8. The van der Waals surface area contributed by atoms with Gasteiger partial charge in [-0.1, -0.05) is 37.6 Å². The molecule has 0 amide bonds. The van der Waals surface area contributed by atoms with Gasteiger partial charge in [-0.25, -0.2) is 0 Å². The van der Waals surface area contributed by atoms with Gasteiger partial charge in [0.05, 0.1) is 12.7 Å². The molecule has 1 aliphatic carbocycles. The van der Waals surface area contributed by atoms with E-state index in [0.29, 0.717) is 0 Å². The van der Waals surface area contributed by atoms with E-state index in [2.05, 4.69) is 52.6 Å². The Kier molecular flexibility index (Phi) is 6.20. The van der Waals surface area contributed by atoms with Crippen molar-refractivity contribution < 1.29 is 9.53 Å². The summed E-state index contributed by atoms with van der Waals surface area (Å²) in [5, 5.41) is 8.96. The Balaban J connectivity index is 3.08. The fraction of sp³-hybridized carbons (Fsp3) is 0.667. The second-order valence-corrected chi connectivity index (χ2v) is 12.2. The predicted octanol–water partition coefficient (Wildman–Crippen LogP) is 4.84. The lowest BCUT2D eigenvalue weighted by molar-refractivity contribution is 0.179. The average Bonchev–Trinajstić information content (AvgIpc) is 2.31. The van der Waals surface area contributed by atoms with E-state index in [0.717, 1.165) is 18.4 Å². The number of allylic oxidation sites excluding steroid dienone is 4. The lowest BCUT2D eigenvalue weighted by Crippen LogP contribution is -2.37. The molecule has 3 heteroatoms. The van der Waals surface area contributed by atoms with E-state index in [9.17, 15) is 0 Å². The first kappa shape index (κ1) is 18.4. The van der Waals surface area contributed by atoms with Gasteiger partial charge in [-0.05, 0) is 62.9 Å². The zero-order valence-corrected chi connectivity index (χ0v) is 15.8. The molecule has 0 aromatic carbocycles. The van der Waals surface area contributed by atoms with Crippen LogP contribution in [0.2, 0.25) is 19.6 Å². The first-order chi connectivity index (χ1) is 9.57. The summed E-state index contributed by atoms with van der Waals surface area (Å²) in [6.07, 6.45) is 8.70. The fourth-order valence-corrected chi connectivity index (χ4v) is 4.06. The van der Waals surface area contributed by atoms with Crippen molar-refractivity contribution in [3.05, 3.63) is 34.9 Å². The normalized spacial score (nSPS) is 24.0. The van der Waals surface area contributed by atoms with Crippen molar-refractivity contribution in [3.63, 3.8) is 0 Å². The molecule has 120 valence electrons. The van der Waals surface area contributed by atoms with Gasteiger partial charge in [0.15, 0.2) is 8.32 Å². The third-order valence-electron chi connectivity index (χ3n) is 4.09. The first-order valence-corrected chi connectivity index (χ1v) is 11.3. The molecule has 1 rings (SSSR count). The standard InChI is InChI=1S/C18H32O2Si/c1-14(11-13-19)8-9-16-15(2)17(20-21(5,6)7)10-12-18(16,3)4/h8-9,11,17,19H,10,12-13H2,1-7H3/b9-8+,14-11+. The van der Waals surface area contributed by atoms with Crippen LogP contribution in [0.4, 0.5) is 0 Å². The van der Waals surface area contributed by atoms with Gasteiger partial charge in [-0.15, -0.1) is 0 Å². The number of aliphatic hydroxyl groups excluding tert-OH is 1. The van der Waals surface area contributed by atoms with Gasteiger partial charge in [0.25, 0.3) is 0 Å². The van der Waals surface area contributed by atoms with Gasteiger partial charge < -0.3 is 9.53 Å². The highest BCUT2D eigenvalue weighted by atomic mass is 28.4. The minimum atomic E-state index is -1.52. The van der Waals surface area contributed by atoms with Crippen molar-refractivity contribution in [1.29, 1.82) is 0 Å². The van der Waals surface area contributed by atoms with E-state index < -0.39 is 8.32 Å². The smallest absolute Gasteiger partial charge is 0.184 e. The lowest BCUT2D eigenvalue weighted by atomic mass is 9.71. The molecule has 1 N–H and O–H groups in total. The quantitative estimate of drug-likeness (QED) is 0.582. The maximum Gasteiger partial charge on any atom is 0.184 e. The fourth-order valence-electron chi connectivity index (χ4n) is 2.91. The summed E-state index contributed by atoms with van der Waals surface area (Å²) in [6, 6.07) is 0. The Morgan fingerprint density at radius 3 is 2.52 bits per heavy atom. The maximum absolute atomic E-state index is 8.96. The van der Waals surface area contributed by atoms with Crippen LogP contribution in [0.3, 0.4) is 0 Å². The minimum Gasteiger partial charge on any atom is -0.411 e. The van der Waals surface area contributed by atoms with Gasteiger partial charge in [0.1, 0.15) is 0 Å². The molecule has 1 unspecified atom stereocenters. The average molecular weight is 309 g/mol. The number of hydrogen-bond donors (Lipinski definition) is 1. The molecule has 0 radical (unpaired) electrons. The predicted molar refractivity (Wildman–Crippen MR) is 93.9 cm³/mol. The van der Waals surface area contributed by atoms with Crippen molar-refractivity contribution in [2.24, 2.45) is 5.41 Å². The molecule has 21 heavy (non-hydrogen) atoms. The second-order valence-electron chi connectivity index (χ2n) is 7.70. The van der Waals surface area contributed by atoms with E-state index in [1.54, 1.807) is 0 Å². The van der Waals surface area contributed by atoms with Crippen LogP contribution in [0.25, 0.3) is 0 Å². The summed E-state index contributed by atoms with van der Waals surface area (Å²) >= 11 is 0. The number of rotatable bonds is 5. The molecule has 0 saturated heterocycles. The van der Waals surface area contributed by atoms with E-state index >= 15 is 0 Å². The summed E-state index contributed by atoms with van der Waals surface area (Å²) in [6.45, 7) is 15.7. The van der Waals surface area contributed by atoms with Gasteiger partial charge in [0, 0.05) is 0 Å². The third-order valence-corrected chi connectivity index (χ3v) is 5.08. The van der Waals surface area contributed by atoms with E-state index in [4.69, 9.17) is 9.53 Å². The topological polar surface area (TPSA) is 29.5 Å². The van der Waals surface area contributed by atoms with E-state index in [1.165, 1.54) is 11.1 Å². The Morgan fingerprint density at radius 2 is 2.00 bits per heavy atom. The summed E-state index contributed by atoms with van der Waals surface area (Å²) in [5.41, 5.74) is 4.06. The highest BCUT2D eigenvalue weighted by Gasteiger charge is 2.34. The van der Waals surface area contributed by atoms with Gasteiger partial charge in [-0.3, -0.25) is 0 Å². The highest BCUT2D eigenvalue weighted by molar-refractivity contribution is 6.69. The van der Waals surface area contributed by atoms with Crippen molar-refractivity contribution in [1.82, 2.24) is 0 Å². The molecule has 1 atom stereocenters. The van der Waals surface area contributed by atoms with Crippen molar-refractivity contribution in [2.75, 3.05) is 6.61 Å². The largest absolute Gasteiger partial charge is 0.411 e. The van der Waals surface area contributed by atoms with Crippen LogP contribution in [0.5, 0.6) is 0 Å². The van der Waals surface area contributed by atoms with Crippen LogP contribution in [0.1, 0.15) is 40.5 Å². The minimum absolute atomic E-state index is 0.0962. The SMILES string of the molecule is CC1=C(/C=C/C(C)=C/CO)C(C)(C)CCC1O[Si](C)(C)C. The Bertz CT molecular complexity index is 450. The molecule has 0 aromatic heterocycles. The highest BCUT2D eigenvalue weighted by Crippen LogP contribution is 2.42. The van der Waals surface area contributed by atoms with Crippen molar-refractivity contribution >= 4 is 8.32 Å². The van der Waals surface area contributed by atoms with Gasteiger partial charge in [0.2, 0.25) is 0 Å². The van der Waals surface area contributed by atoms with Gasteiger partial charge >= 0.3 is 0 Å². The molecule has 0 saturated carbocycles. The van der Waals surface area contributed by atoms with Crippen LogP contribution >= 0.6 is 0 Å². The summed E-state index contributed by atoms with van der Waals surface area (Å²) in [5.74, 6) is 0. The summed E-state index contributed by atoms with van der Waals surface area (Å²) < 4.78 is 6.36. The van der Waals surface area contributed by atoms with Crippen LogP contribution in [0, 0.1) is 5.41 Å². The van der Waals surface area contributed by atoms with Gasteiger partial charge in [-0.2, -0.15) is 0 Å². The summed E-state index contributed by atoms with van der Waals surface area (Å²) in [4.78, 5) is 0. The first-order valence-electron chi connectivity index (χ1n) is 7.91. The molecule has 0 fully saturated rings. The monoisotopic (exact) mass is 308 g/mol. The van der Waals surface area contributed by atoms with E-state index in [-0.39, 0.29) is 18.1 Å². The molecule has 0 heterocycles. The number of hydrogen-bond acceptors (Lipinski definition) is 2. The Morgan fingerprint density at radius 1 is 1.38 bits per heavy atom. The van der Waals surface area contributed by atoms with Crippen LogP contribution < -0.4 is 0 Å². The van der Waals surface area contributed by atoms with Crippen LogP contribution in [-0.2, 0) is 4.43 Å². The zero-order chi connectivity index (χ0) is 16.3. The maximum atomic E-state index is 8.96. The molecule has 1 aliphatic rings. The molecule has 0 spiro atoms. The van der Waals surface area contributed by atoms with Crippen molar-refractivity contribution in [2.45, 2.75) is 66.3 Å². The van der Waals surface area contributed by atoms with Crippen LogP contribution in [-0.4, -0.2) is 26.1 Å². The van der Waals surface area contributed by atoms with Crippen molar-refractivity contribution in [3.8, 4) is 0 Å². The third kappa shape index (κ3) is 5.57. The molecule has 0 bridgehead atoms. The molecular weight excluding hydrogens is 276 g/mol. The van der Waals surface area contributed by atoms with Crippen LogP contribution in [0.15, 0.2) is 34.9 Å². The molecule has 2 nitrogen and oxygen atoms in total. The molecule has 0 aliphatic heterocycles. The Labute approximate surface area is 131 Å². The Hall–Kier alpha value is -0.643. The molecule has 0 aromatic rings.